The number of hydrogen-bond donors (Lipinski definition) is 1. The highest BCUT2D eigenvalue weighted by atomic mass is 32.2. The fourth-order valence-electron chi connectivity index (χ4n) is 2.28. The van der Waals surface area contributed by atoms with Gasteiger partial charge in [0.2, 0.25) is 16.9 Å². The second kappa shape index (κ2) is 8.63. The molecule has 1 fully saturated rings. The minimum absolute atomic E-state index is 0.0730. The molecule has 0 bridgehead atoms. The zero-order valence-electron chi connectivity index (χ0n) is 13.9. The van der Waals surface area contributed by atoms with Gasteiger partial charge in [0, 0.05) is 24.8 Å². The largest absolute Gasteiger partial charge is 0.342 e. The number of nitrogens with one attached hydrogen (secondary N) is 1. The maximum absolute atomic E-state index is 12.3. The normalized spacial score (nSPS) is 19.2. The van der Waals surface area contributed by atoms with Crippen molar-refractivity contribution in [2.24, 2.45) is 5.92 Å². The predicted octanol–water partition coefficient (Wildman–Crippen LogP) is 3.02. The minimum atomic E-state index is -0.283. The fourth-order valence-corrected chi connectivity index (χ4v) is 4.28. The molecule has 0 saturated carbocycles. The first-order valence-corrected chi connectivity index (χ1v) is 9.81. The molecule has 0 radical (unpaired) electrons. The van der Waals surface area contributed by atoms with E-state index in [0.717, 1.165) is 30.1 Å². The van der Waals surface area contributed by atoms with Gasteiger partial charge in [-0.2, -0.15) is 0 Å². The molecule has 23 heavy (non-hydrogen) atoms. The number of anilines is 1. The number of likely N-dealkylation sites (tertiary alicyclic amines) is 1. The zero-order chi connectivity index (χ0) is 16.8. The Morgan fingerprint density at radius 2 is 2.26 bits per heavy atom. The molecular weight excluding hydrogens is 332 g/mol. The van der Waals surface area contributed by atoms with Crippen molar-refractivity contribution in [1.29, 1.82) is 0 Å². The van der Waals surface area contributed by atoms with E-state index in [-0.39, 0.29) is 17.7 Å². The Morgan fingerprint density at radius 1 is 1.48 bits per heavy atom. The number of aromatic nitrogens is 2. The van der Waals surface area contributed by atoms with Crippen LogP contribution in [0.1, 0.15) is 46.5 Å². The molecule has 0 aliphatic carbocycles. The van der Waals surface area contributed by atoms with Crippen LogP contribution in [0.15, 0.2) is 4.34 Å². The summed E-state index contributed by atoms with van der Waals surface area (Å²) in [5.74, 6) is -0.341. The number of thioether (sulfide) groups is 1. The van der Waals surface area contributed by atoms with Crippen molar-refractivity contribution in [2.45, 2.75) is 56.0 Å². The Balaban J connectivity index is 1.86. The second-order valence-corrected chi connectivity index (χ2v) is 8.46. The third-order valence-corrected chi connectivity index (χ3v) is 6.07. The smallest absolute Gasteiger partial charge is 0.231 e. The molecule has 128 valence electrons. The first-order valence-electron chi connectivity index (χ1n) is 8.12. The van der Waals surface area contributed by atoms with Gasteiger partial charge in [-0.3, -0.25) is 9.59 Å². The molecule has 1 aliphatic rings. The van der Waals surface area contributed by atoms with Crippen molar-refractivity contribution in [1.82, 2.24) is 15.1 Å². The van der Waals surface area contributed by atoms with Crippen molar-refractivity contribution in [3.63, 3.8) is 0 Å². The van der Waals surface area contributed by atoms with Crippen molar-refractivity contribution in [3.8, 4) is 0 Å². The van der Waals surface area contributed by atoms with E-state index in [1.165, 1.54) is 11.3 Å². The van der Waals surface area contributed by atoms with Crippen LogP contribution < -0.4 is 5.32 Å². The summed E-state index contributed by atoms with van der Waals surface area (Å²) in [6, 6.07) is 0. The van der Waals surface area contributed by atoms with E-state index < -0.39 is 0 Å². The van der Waals surface area contributed by atoms with Crippen LogP contribution in [-0.4, -0.2) is 45.3 Å². The molecular formula is C15H24N4O2S2. The Kier molecular flexibility index (Phi) is 6.83. The number of carbonyl (C=O) groups excluding carboxylic acids is 2. The molecule has 1 aromatic rings. The van der Waals surface area contributed by atoms with Crippen LogP contribution in [0.25, 0.3) is 0 Å². The summed E-state index contributed by atoms with van der Waals surface area (Å²) in [5.41, 5.74) is 0. The average Bonchev–Trinajstić information content (AvgIpc) is 3.11. The Bertz CT molecular complexity index is 549. The standard InChI is InChI=1S/C15H24N4O2S2/c1-4-6-7-19-9-11(8-12(19)20)13(21)16-14-17-18-15(23-14)22-10(3)5-2/h10-11H,4-9H2,1-3H3,(H,16,17,21). The monoisotopic (exact) mass is 356 g/mol. The lowest BCUT2D eigenvalue weighted by Crippen LogP contribution is -2.29. The number of unbranched alkanes of at least 4 members (excludes halogenated alkanes) is 1. The molecule has 6 nitrogen and oxygen atoms in total. The van der Waals surface area contributed by atoms with Crippen LogP contribution >= 0.6 is 23.1 Å². The summed E-state index contributed by atoms with van der Waals surface area (Å²) in [6.45, 7) is 7.61. The fraction of sp³-hybridized carbons (Fsp3) is 0.733. The highest BCUT2D eigenvalue weighted by molar-refractivity contribution is 8.01. The van der Waals surface area contributed by atoms with Crippen molar-refractivity contribution >= 4 is 40.0 Å². The third kappa shape index (κ3) is 5.17. The molecule has 2 rings (SSSR count). The highest BCUT2D eigenvalue weighted by Crippen LogP contribution is 2.30. The molecule has 1 aliphatic heterocycles. The number of rotatable bonds is 8. The minimum Gasteiger partial charge on any atom is -0.342 e. The van der Waals surface area contributed by atoms with Gasteiger partial charge >= 0.3 is 0 Å². The van der Waals surface area contributed by atoms with Crippen LogP contribution in [0.4, 0.5) is 5.13 Å². The van der Waals surface area contributed by atoms with Gasteiger partial charge in [0.15, 0.2) is 4.34 Å². The van der Waals surface area contributed by atoms with E-state index in [2.05, 4.69) is 36.3 Å². The molecule has 0 aromatic carbocycles. The van der Waals surface area contributed by atoms with Gasteiger partial charge < -0.3 is 10.2 Å². The summed E-state index contributed by atoms with van der Waals surface area (Å²) >= 11 is 3.05. The summed E-state index contributed by atoms with van der Waals surface area (Å²) < 4.78 is 0.863. The average molecular weight is 357 g/mol. The number of hydrogen-bond acceptors (Lipinski definition) is 6. The molecule has 2 heterocycles. The highest BCUT2D eigenvalue weighted by Gasteiger charge is 2.34. The SMILES string of the molecule is CCCCN1CC(C(=O)Nc2nnc(SC(C)CC)s2)CC1=O. The van der Waals surface area contributed by atoms with Gasteiger partial charge in [-0.05, 0) is 12.8 Å². The van der Waals surface area contributed by atoms with Crippen LogP contribution in [0.3, 0.4) is 0 Å². The van der Waals surface area contributed by atoms with E-state index in [1.807, 2.05) is 0 Å². The zero-order valence-corrected chi connectivity index (χ0v) is 15.5. The molecule has 2 amide bonds. The van der Waals surface area contributed by atoms with E-state index in [9.17, 15) is 9.59 Å². The predicted molar refractivity (Wildman–Crippen MR) is 93.7 cm³/mol. The van der Waals surface area contributed by atoms with E-state index in [4.69, 9.17) is 0 Å². The van der Waals surface area contributed by atoms with Crippen LogP contribution in [0, 0.1) is 5.92 Å². The summed E-state index contributed by atoms with van der Waals surface area (Å²) in [5, 5.41) is 11.9. The van der Waals surface area contributed by atoms with Gasteiger partial charge in [0.25, 0.3) is 0 Å². The van der Waals surface area contributed by atoms with Crippen molar-refractivity contribution < 1.29 is 9.59 Å². The molecule has 1 saturated heterocycles. The molecule has 0 spiro atoms. The van der Waals surface area contributed by atoms with Crippen LogP contribution in [0.5, 0.6) is 0 Å². The van der Waals surface area contributed by atoms with Gasteiger partial charge in [-0.25, -0.2) is 0 Å². The van der Waals surface area contributed by atoms with Crippen molar-refractivity contribution in [3.05, 3.63) is 0 Å². The van der Waals surface area contributed by atoms with Gasteiger partial charge in [-0.15, -0.1) is 10.2 Å². The Morgan fingerprint density at radius 3 is 2.96 bits per heavy atom. The maximum atomic E-state index is 12.3. The quantitative estimate of drug-likeness (QED) is 0.572. The van der Waals surface area contributed by atoms with Crippen LogP contribution in [0.2, 0.25) is 0 Å². The summed E-state index contributed by atoms with van der Waals surface area (Å²) in [6.07, 6.45) is 3.38. The Labute approximate surface area is 145 Å². The lowest BCUT2D eigenvalue weighted by Gasteiger charge is -2.15. The number of carbonyl (C=O) groups is 2. The third-order valence-electron chi connectivity index (χ3n) is 3.88. The van der Waals surface area contributed by atoms with E-state index >= 15 is 0 Å². The number of amides is 2. The second-order valence-electron chi connectivity index (χ2n) is 5.79. The topological polar surface area (TPSA) is 75.2 Å². The Hall–Kier alpha value is -1.15. The van der Waals surface area contributed by atoms with Gasteiger partial charge in [0.05, 0.1) is 5.92 Å². The molecule has 2 unspecified atom stereocenters. The molecule has 1 aromatic heterocycles. The molecule has 2 atom stereocenters. The van der Waals surface area contributed by atoms with E-state index in [1.54, 1.807) is 16.7 Å². The van der Waals surface area contributed by atoms with Gasteiger partial charge in [-0.1, -0.05) is 50.3 Å². The number of nitrogens with zero attached hydrogens (tertiary/aromatic N) is 3. The first-order chi connectivity index (χ1) is 11.0. The summed E-state index contributed by atoms with van der Waals surface area (Å²) in [7, 11) is 0. The lowest BCUT2D eigenvalue weighted by molar-refractivity contribution is -0.128. The molecule has 8 heteroatoms. The van der Waals surface area contributed by atoms with E-state index in [0.29, 0.717) is 23.3 Å². The summed E-state index contributed by atoms with van der Waals surface area (Å²) in [4.78, 5) is 26.0. The first kappa shape index (κ1) is 18.2. The van der Waals surface area contributed by atoms with Crippen LogP contribution in [-0.2, 0) is 9.59 Å². The van der Waals surface area contributed by atoms with Crippen molar-refractivity contribution in [2.75, 3.05) is 18.4 Å². The lowest BCUT2D eigenvalue weighted by atomic mass is 10.1. The maximum Gasteiger partial charge on any atom is 0.231 e. The van der Waals surface area contributed by atoms with Gasteiger partial charge in [0.1, 0.15) is 0 Å². The molecule has 1 N–H and O–H groups in total.